The number of thiophene rings is 6. The number of rotatable bonds is 16. The van der Waals surface area contributed by atoms with Crippen LogP contribution in [0.25, 0.3) is 59.9 Å². The second-order valence-electron chi connectivity index (χ2n) is 12.6. The number of halogens is 2. The second-order valence-corrected chi connectivity index (χ2v) is 21.0. The predicted molar refractivity (Wildman–Crippen MR) is 237 cm³/mol. The molecular formula is C42H40Br2S6. The van der Waals surface area contributed by atoms with Gasteiger partial charge in [0.15, 0.2) is 0 Å². The maximum atomic E-state index is 3.95. The van der Waals surface area contributed by atoms with E-state index in [2.05, 4.69) is 131 Å². The van der Waals surface area contributed by atoms with Gasteiger partial charge in [-0.25, -0.2) is 0 Å². The molecule has 6 heterocycles. The molecule has 258 valence electrons. The molecule has 0 fully saturated rings. The molecule has 0 saturated carbocycles. The van der Waals surface area contributed by atoms with Crippen LogP contribution in [0.5, 0.6) is 0 Å². The largest absolute Gasteiger partial charge is 0.139 e. The van der Waals surface area contributed by atoms with Gasteiger partial charge in [-0.05, 0) is 111 Å². The van der Waals surface area contributed by atoms with Gasteiger partial charge in [-0.2, -0.15) is 0 Å². The quantitative estimate of drug-likeness (QED) is 0.0848. The van der Waals surface area contributed by atoms with E-state index in [-0.39, 0.29) is 0 Å². The summed E-state index contributed by atoms with van der Waals surface area (Å²) in [5.74, 6) is 0. The Balaban J connectivity index is 1.02. The van der Waals surface area contributed by atoms with E-state index in [1.165, 1.54) is 134 Å². The molecule has 0 amide bonds. The van der Waals surface area contributed by atoms with Crippen molar-refractivity contribution < 1.29 is 0 Å². The Bertz CT molecular complexity index is 1990. The first kappa shape index (κ1) is 36.7. The van der Waals surface area contributed by atoms with Gasteiger partial charge in [-0.3, -0.25) is 0 Å². The molecule has 0 bridgehead atoms. The van der Waals surface area contributed by atoms with Gasteiger partial charge in [0.05, 0.1) is 0 Å². The van der Waals surface area contributed by atoms with E-state index in [9.17, 15) is 0 Å². The summed E-state index contributed by atoms with van der Waals surface area (Å²) in [5.41, 5.74) is 2.44. The van der Waals surface area contributed by atoms with Crippen molar-refractivity contribution in [3.8, 4) is 59.9 Å². The maximum absolute atomic E-state index is 3.95. The molecule has 0 nitrogen and oxygen atoms in total. The molecule has 0 unspecified atom stereocenters. The molecule has 50 heavy (non-hydrogen) atoms. The summed E-state index contributed by atoms with van der Waals surface area (Å²) < 4.78 is 2.25. The zero-order chi connectivity index (χ0) is 34.5. The van der Waals surface area contributed by atoms with Crippen LogP contribution in [0.2, 0.25) is 0 Å². The van der Waals surface area contributed by atoms with Crippen molar-refractivity contribution in [3.63, 3.8) is 0 Å². The highest BCUT2D eigenvalue weighted by molar-refractivity contribution is 9.11. The molecule has 0 radical (unpaired) electrons. The summed E-state index contributed by atoms with van der Waals surface area (Å²) in [7, 11) is 0. The normalized spacial score (nSPS) is 11.6. The number of benzene rings is 1. The van der Waals surface area contributed by atoms with Crippen molar-refractivity contribution in [2.45, 2.75) is 78.1 Å². The fourth-order valence-electron chi connectivity index (χ4n) is 6.10. The number of hydrogen-bond acceptors (Lipinski definition) is 6. The van der Waals surface area contributed by atoms with Gasteiger partial charge in [0.25, 0.3) is 0 Å². The van der Waals surface area contributed by atoms with Crippen LogP contribution in [0.1, 0.15) is 75.0 Å². The van der Waals surface area contributed by atoms with Gasteiger partial charge in [-0.15, -0.1) is 68.0 Å². The van der Waals surface area contributed by atoms with Crippen molar-refractivity contribution in [3.05, 3.63) is 104 Å². The van der Waals surface area contributed by atoms with Crippen molar-refractivity contribution in [2.75, 3.05) is 0 Å². The molecule has 0 aliphatic carbocycles. The molecule has 0 atom stereocenters. The molecule has 1 aromatic carbocycles. The average molecular weight is 897 g/mol. The highest BCUT2D eigenvalue weighted by Gasteiger charge is 2.17. The minimum atomic E-state index is 1.12. The lowest BCUT2D eigenvalue weighted by Gasteiger charge is -2.08. The first-order valence-corrected chi connectivity index (χ1v) is 24.1. The van der Waals surface area contributed by atoms with Crippen LogP contribution in [0.4, 0.5) is 0 Å². The Labute approximate surface area is 338 Å². The van der Waals surface area contributed by atoms with Crippen LogP contribution >= 0.6 is 99.9 Å². The lowest BCUT2D eigenvalue weighted by Crippen LogP contribution is -1.81. The SMILES string of the molecule is CCCCCCc1ccc(-c2ccc(-c3ccc(-c4cc(Br)c(-c5ccc(-c6ccc(-c7ccc(CCCCCC)s7)s6)s5)cc4Br)s3)s2)s1. The second kappa shape index (κ2) is 17.5. The monoisotopic (exact) mass is 894 g/mol. The third kappa shape index (κ3) is 8.77. The lowest BCUT2D eigenvalue weighted by atomic mass is 10.1. The van der Waals surface area contributed by atoms with Crippen molar-refractivity contribution in [1.82, 2.24) is 0 Å². The summed E-state index contributed by atoms with van der Waals surface area (Å²) in [6.45, 7) is 4.56. The fourth-order valence-corrected chi connectivity index (χ4v) is 14.0. The molecule has 7 rings (SSSR count). The van der Waals surface area contributed by atoms with Gasteiger partial charge in [-0.1, -0.05) is 84.2 Å². The van der Waals surface area contributed by atoms with Crippen molar-refractivity contribution in [2.24, 2.45) is 0 Å². The van der Waals surface area contributed by atoms with Crippen LogP contribution in [-0.2, 0) is 12.8 Å². The molecule has 0 aliphatic rings. The van der Waals surface area contributed by atoms with E-state index >= 15 is 0 Å². The molecule has 0 N–H and O–H groups in total. The highest BCUT2D eigenvalue weighted by atomic mass is 79.9. The zero-order valence-corrected chi connectivity index (χ0v) is 36.4. The third-order valence-corrected chi connectivity index (χ3v) is 17.7. The lowest BCUT2D eigenvalue weighted by molar-refractivity contribution is 0.670. The van der Waals surface area contributed by atoms with Gasteiger partial charge in [0.2, 0.25) is 0 Å². The van der Waals surface area contributed by atoms with E-state index < -0.39 is 0 Å². The van der Waals surface area contributed by atoms with Gasteiger partial charge in [0.1, 0.15) is 0 Å². The molecule has 8 heteroatoms. The van der Waals surface area contributed by atoms with Gasteiger partial charge >= 0.3 is 0 Å². The standard InChI is InChI=1S/C42H40Br2S6/c1-3-5-7-9-11-27-13-15-35(45-27)37-21-23-41(49-37)39-19-17-33(47-39)29-25-32(44)30(26-31(29)43)34-18-20-40(48-34)42-24-22-38(50-42)36-16-14-28(46-36)12-10-8-6-4-2/h13-26H,3-12H2,1-2H3. The van der Waals surface area contributed by atoms with E-state index in [1.54, 1.807) is 0 Å². The van der Waals surface area contributed by atoms with Crippen molar-refractivity contribution in [1.29, 1.82) is 0 Å². The molecule has 6 aromatic heterocycles. The Hall–Kier alpha value is -1.62. The first-order valence-electron chi connectivity index (χ1n) is 17.6. The molecule has 0 spiro atoms. The Morgan fingerprint density at radius 3 is 1.02 bits per heavy atom. The fraction of sp³-hybridized carbons (Fsp3) is 0.286. The van der Waals surface area contributed by atoms with Gasteiger partial charge < -0.3 is 0 Å². The topological polar surface area (TPSA) is 0 Å². The van der Waals surface area contributed by atoms with Crippen LogP contribution in [0.15, 0.2) is 93.9 Å². The summed E-state index contributed by atoms with van der Waals surface area (Å²) in [6, 6.07) is 32.1. The van der Waals surface area contributed by atoms with Crippen LogP contribution in [0, 0.1) is 0 Å². The Kier molecular flexibility index (Phi) is 12.8. The van der Waals surface area contributed by atoms with E-state index in [0.29, 0.717) is 0 Å². The van der Waals surface area contributed by atoms with Crippen LogP contribution in [-0.4, -0.2) is 0 Å². The summed E-state index contributed by atoms with van der Waals surface area (Å²) in [5, 5.41) is 0. The number of unbranched alkanes of at least 4 members (excludes halogenated alkanes) is 6. The minimum absolute atomic E-state index is 1.12. The molecule has 0 saturated heterocycles. The molecule has 0 aliphatic heterocycles. The third-order valence-electron chi connectivity index (χ3n) is 8.86. The maximum Gasteiger partial charge on any atom is 0.0449 e. The average Bonchev–Trinajstić information content (AvgIpc) is 3.97. The van der Waals surface area contributed by atoms with Crippen LogP contribution in [0.3, 0.4) is 0 Å². The first-order chi connectivity index (χ1) is 24.5. The Morgan fingerprint density at radius 2 is 0.660 bits per heavy atom. The summed E-state index contributed by atoms with van der Waals surface area (Å²) in [4.78, 5) is 16.4. The highest BCUT2D eigenvalue weighted by Crippen LogP contribution is 2.47. The predicted octanol–water partition coefficient (Wildman–Crippen LogP) is 17.8. The molecule has 7 aromatic rings. The van der Waals surface area contributed by atoms with Gasteiger partial charge in [0, 0.05) is 78.6 Å². The van der Waals surface area contributed by atoms with Crippen molar-refractivity contribution >= 4 is 99.9 Å². The van der Waals surface area contributed by atoms with E-state index in [4.69, 9.17) is 0 Å². The minimum Gasteiger partial charge on any atom is -0.139 e. The number of hydrogen-bond donors (Lipinski definition) is 0. The van der Waals surface area contributed by atoms with Crippen LogP contribution < -0.4 is 0 Å². The summed E-state index contributed by atoms with van der Waals surface area (Å²) in [6.07, 6.45) is 13.0. The number of aryl methyl sites for hydroxylation is 2. The van der Waals surface area contributed by atoms with E-state index in [1.807, 2.05) is 68.0 Å². The summed E-state index contributed by atoms with van der Waals surface area (Å²) >= 11 is 19.4. The Morgan fingerprint density at radius 1 is 0.360 bits per heavy atom. The van der Waals surface area contributed by atoms with E-state index in [0.717, 1.165) is 8.95 Å². The molecular weight excluding hydrogens is 857 g/mol. The smallest absolute Gasteiger partial charge is 0.0449 e. The zero-order valence-electron chi connectivity index (χ0n) is 28.4.